The monoisotopic (exact) mass is 284 g/mol. The smallest absolute Gasteiger partial charge is 0.123 e. The van der Waals surface area contributed by atoms with Gasteiger partial charge in [-0.25, -0.2) is 4.39 Å². The van der Waals surface area contributed by atoms with E-state index < -0.39 is 0 Å². The van der Waals surface area contributed by atoms with E-state index in [0.717, 1.165) is 17.7 Å². The molecule has 1 rings (SSSR count). The number of hydrogen-bond acceptors (Lipinski definition) is 3. The van der Waals surface area contributed by atoms with Gasteiger partial charge in [-0.05, 0) is 37.2 Å². The van der Waals surface area contributed by atoms with Gasteiger partial charge < -0.3 is 10.5 Å². The molecule has 0 spiro atoms. The van der Waals surface area contributed by atoms with Crippen molar-refractivity contribution in [2.24, 2.45) is 5.73 Å². The van der Waals surface area contributed by atoms with Gasteiger partial charge in [-0.1, -0.05) is 19.1 Å². The summed E-state index contributed by atoms with van der Waals surface area (Å²) in [6.07, 6.45) is 0. The van der Waals surface area contributed by atoms with E-state index in [0.29, 0.717) is 18.1 Å². The number of ether oxygens (including phenoxy) is 1. The Morgan fingerprint density at radius 3 is 2.74 bits per heavy atom. The zero-order valence-electron chi connectivity index (χ0n) is 11.6. The fraction of sp³-hybridized carbons (Fsp3) is 0.500. The molecule has 0 saturated heterocycles. The maximum atomic E-state index is 13.4. The van der Waals surface area contributed by atoms with Crippen LogP contribution in [0.5, 0.6) is 0 Å². The van der Waals surface area contributed by atoms with Gasteiger partial charge in [-0.2, -0.15) is 0 Å². The SMILES string of the molecule is CCN(Cc1cc(F)ccc1C(N)=S)C(C)COC. The van der Waals surface area contributed by atoms with Gasteiger partial charge in [-0.3, -0.25) is 4.90 Å². The van der Waals surface area contributed by atoms with Crippen molar-refractivity contribution in [3.05, 3.63) is 35.1 Å². The molecule has 3 nitrogen and oxygen atoms in total. The maximum absolute atomic E-state index is 13.4. The summed E-state index contributed by atoms with van der Waals surface area (Å²) in [5.41, 5.74) is 7.23. The quantitative estimate of drug-likeness (QED) is 0.780. The van der Waals surface area contributed by atoms with E-state index >= 15 is 0 Å². The van der Waals surface area contributed by atoms with E-state index in [-0.39, 0.29) is 11.9 Å². The third kappa shape index (κ3) is 4.53. The second-order valence-electron chi connectivity index (χ2n) is 4.53. The van der Waals surface area contributed by atoms with Crippen molar-refractivity contribution in [1.82, 2.24) is 4.90 Å². The van der Waals surface area contributed by atoms with Gasteiger partial charge in [0.25, 0.3) is 0 Å². The number of benzene rings is 1. The number of rotatable bonds is 7. The van der Waals surface area contributed by atoms with Crippen molar-refractivity contribution in [2.75, 3.05) is 20.3 Å². The van der Waals surface area contributed by atoms with E-state index in [9.17, 15) is 4.39 Å². The van der Waals surface area contributed by atoms with Crippen LogP contribution in [-0.4, -0.2) is 36.2 Å². The highest BCUT2D eigenvalue weighted by Crippen LogP contribution is 2.15. The summed E-state index contributed by atoms with van der Waals surface area (Å²) < 4.78 is 18.5. The highest BCUT2D eigenvalue weighted by atomic mass is 32.1. The molecule has 0 radical (unpaired) electrons. The molecule has 1 aromatic rings. The van der Waals surface area contributed by atoms with Gasteiger partial charge in [0.05, 0.1) is 6.61 Å². The zero-order chi connectivity index (χ0) is 14.4. The first-order valence-electron chi connectivity index (χ1n) is 6.30. The van der Waals surface area contributed by atoms with Crippen molar-refractivity contribution < 1.29 is 9.13 Å². The van der Waals surface area contributed by atoms with Crippen LogP contribution in [0.2, 0.25) is 0 Å². The van der Waals surface area contributed by atoms with Crippen LogP contribution in [-0.2, 0) is 11.3 Å². The summed E-state index contributed by atoms with van der Waals surface area (Å²) >= 11 is 5.01. The van der Waals surface area contributed by atoms with E-state index in [4.69, 9.17) is 22.7 Å². The van der Waals surface area contributed by atoms with Gasteiger partial charge >= 0.3 is 0 Å². The Kier molecular flexibility index (Phi) is 6.34. The van der Waals surface area contributed by atoms with Gasteiger partial charge in [-0.15, -0.1) is 0 Å². The van der Waals surface area contributed by atoms with E-state index in [1.165, 1.54) is 12.1 Å². The Morgan fingerprint density at radius 2 is 2.21 bits per heavy atom. The summed E-state index contributed by atoms with van der Waals surface area (Å²) in [6.45, 7) is 6.22. The lowest BCUT2D eigenvalue weighted by Gasteiger charge is -2.28. The third-order valence-electron chi connectivity index (χ3n) is 3.14. The molecular weight excluding hydrogens is 263 g/mol. The molecule has 0 aliphatic carbocycles. The fourth-order valence-corrected chi connectivity index (χ4v) is 2.28. The number of thiocarbonyl (C=S) groups is 1. The van der Waals surface area contributed by atoms with E-state index in [1.807, 2.05) is 0 Å². The van der Waals surface area contributed by atoms with Crippen molar-refractivity contribution in [3.8, 4) is 0 Å². The molecule has 0 aromatic heterocycles. The predicted molar refractivity (Wildman–Crippen MR) is 79.7 cm³/mol. The molecule has 1 aromatic carbocycles. The number of nitrogens with zero attached hydrogens (tertiary/aromatic N) is 1. The van der Waals surface area contributed by atoms with Crippen LogP contribution in [0.4, 0.5) is 4.39 Å². The highest BCUT2D eigenvalue weighted by Gasteiger charge is 2.15. The lowest BCUT2D eigenvalue weighted by Crippen LogP contribution is -2.36. The molecule has 0 heterocycles. The molecule has 0 amide bonds. The van der Waals surface area contributed by atoms with Crippen molar-refractivity contribution in [2.45, 2.75) is 26.4 Å². The van der Waals surface area contributed by atoms with Crippen LogP contribution in [0.1, 0.15) is 25.0 Å². The van der Waals surface area contributed by atoms with Gasteiger partial charge in [0.15, 0.2) is 0 Å². The molecular formula is C14H21FN2OS. The second kappa shape index (κ2) is 7.53. The molecule has 5 heteroatoms. The average molecular weight is 284 g/mol. The molecule has 1 atom stereocenters. The normalized spacial score (nSPS) is 12.7. The molecule has 19 heavy (non-hydrogen) atoms. The molecule has 1 unspecified atom stereocenters. The minimum absolute atomic E-state index is 0.248. The number of methoxy groups -OCH3 is 1. The standard InChI is InChI=1S/C14H21FN2OS/c1-4-17(10(2)9-18-3)8-11-7-12(15)5-6-13(11)14(16)19/h5-7,10H,4,8-9H2,1-3H3,(H2,16,19). The third-order valence-corrected chi connectivity index (χ3v) is 3.36. The van der Waals surface area contributed by atoms with Crippen LogP contribution in [0.3, 0.4) is 0 Å². The first kappa shape index (κ1) is 16.0. The Labute approximate surface area is 119 Å². The first-order valence-corrected chi connectivity index (χ1v) is 6.71. The highest BCUT2D eigenvalue weighted by molar-refractivity contribution is 7.80. The largest absolute Gasteiger partial charge is 0.389 e. The Balaban J connectivity index is 2.95. The zero-order valence-corrected chi connectivity index (χ0v) is 12.5. The molecule has 2 N–H and O–H groups in total. The van der Waals surface area contributed by atoms with E-state index in [1.54, 1.807) is 13.2 Å². The Hall–Kier alpha value is -1.04. The summed E-state index contributed by atoms with van der Waals surface area (Å²) in [4.78, 5) is 2.49. The lowest BCUT2D eigenvalue weighted by molar-refractivity contribution is 0.0981. The van der Waals surface area contributed by atoms with Crippen LogP contribution in [0.25, 0.3) is 0 Å². The second-order valence-corrected chi connectivity index (χ2v) is 4.97. The molecule has 0 bridgehead atoms. The lowest BCUT2D eigenvalue weighted by atomic mass is 10.1. The molecule has 106 valence electrons. The predicted octanol–water partition coefficient (Wildman–Crippen LogP) is 2.32. The summed E-state index contributed by atoms with van der Waals surface area (Å²) in [7, 11) is 1.67. The number of hydrogen-bond donors (Lipinski definition) is 1. The average Bonchev–Trinajstić information content (AvgIpc) is 2.35. The number of nitrogens with two attached hydrogens (primary N) is 1. The molecule has 0 aliphatic rings. The van der Waals surface area contributed by atoms with Crippen molar-refractivity contribution in [1.29, 1.82) is 0 Å². The topological polar surface area (TPSA) is 38.5 Å². The minimum atomic E-state index is -0.273. The van der Waals surface area contributed by atoms with E-state index in [2.05, 4.69) is 18.7 Å². The Morgan fingerprint density at radius 1 is 1.53 bits per heavy atom. The molecule has 0 fully saturated rings. The fourth-order valence-electron chi connectivity index (χ4n) is 2.08. The molecule has 0 saturated carbocycles. The minimum Gasteiger partial charge on any atom is -0.389 e. The first-order chi connectivity index (χ1) is 8.99. The maximum Gasteiger partial charge on any atom is 0.123 e. The van der Waals surface area contributed by atoms with Crippen LogP contribution >= 0.6 is 12.2 Å². The summed E-state index contributed by atoms with van der Waals surface area (Å²) in [6, 6.07) is 4.77. The van der Waals surface area contributed by atoms with Crippen molar-refractivity contribution >= 4 is 17.2 Å². The summed E-state index contributed by atoms with van der Waals surface area (Å²) in [5, 5.41) is 0. The Bertz CT molecular complexity index is 439. The summed E-state index contributed by atoms with van der Waals surface area (Å²) in [5.74, 6) is -0.273. The van der Waals surface area contributed by atoms with Gasteiger partial charge in [0.2, 0.25) is 0 Å². The van der Waals surface area contributed by atoms with Gasteiger partial charge in [0.1, 0.15) is 10.8 Å². The number of likely N-dealkylation sites (N-methyl/N-ethyl adjacent to an activating group) is 1. The molecule has 0 aliphatic heterocycles. The van der Waals surface area contributed by atoms with Crippen LogP contribution < -0.4 is 5.73 Å². The van der Waals surface area contributed by atoms with Crippen molar-refractivity contribution in [3.63, 3.8) is 0 Å². The van der Waals surface area contributed by atoms with Crippen LogP contribution in [0, 0.1) is 5.82 Å². The van der Waals surface area contributed by atoms with Gasteiger partial charge in [0, 0.05) is 25.3 Å². The number of halogens is 1. The van der Waals surface area contributed by atoms with Crippen LogP contribution in [0.15, 0.2) is 18.2 Å².